The van der Waals surface area contributed by atoms with Gasteiger partial charge in [0.15, 0.2) is 0 Å². The molecule has 5 atom stereocenters. The minimum Gasteiger partial charge on any atom is -0.478 e. The van der Waals surface area contributed by atoms with E-state index in [-0.39, 0.29) is 0 Å². The number of hydrogen-bond donors (Lipinski definition) is 5. The number of pyridine rings is 1. The first-order valence-corrected chi connectivity index (χ1v) is 8.78. The molecule has 3 rings (SSSR count). The smallest absolute Gasteiger partial charge is 0.471 e. The molecule has 11 nitrogen and oxygen atoms in total. The van der Waals surface area contributed by atoms with Crippen molar-refractivity contribution in [1.29, 1.82) is 0 Å². The summed E-state index contributed by atoms with van der Waals surface area (Å²) in [4.78, 5) is 27.0. The summed E-state index contributed by atoms with van der Waals surface area (Å²) in [6, 6.07) is -1.55. The van der Waals surface area contributed by atoms with Gasteiger partial charge in [-0.1, -0.05) is 0 Å². The summed E-state index contributed by atoms with van der Waals surface area (Å²) < 4.78 is 44.9. The van der Waals surface area contributed by atoms with E-state index >= 15 is 0 Å². The van der Waals surface area contributed by atoms with E-state index < -0.39 is 60.8 Å². The van der Waals surface area contributed by atoms with Gasteiger partial charge in [0.05, 0.1) is 24.9 Å². The first-order valence-electron chi connectivity index (χ1n) is 8.78. The van der Waals surface area contributed by atoms with Crippen LogP contribution in [0.5, 0.6) is 0 Å². The molecule has 0 bridgehead atoms. The summed E-state index contributed by atoms with van der Waals surface area (Å²) in [7, 11) is 0. The number of halogens is 3. The van der Waals surface area contributed by atoms with Crippen molar-refractivity contribution < 1.29 is 47.9 Å². The number of hydrogen-bond acceptors (Lipinski definition) is 8. The average molecular weight is 446 g/mol. The number of carboxylic acids is 1. The van der Waals surface area contributed by atoms with Gasteiger partial charge in [-0.15, -0.1) is 0 Å². The van der Waals surface area contributed by atoms with Gasteiger partial charge < -0.3 is 30.5 Å². The lowest BCUT2D eigenvalue weighted by atomic mass is 9.92. The highest BCUT2D eigenvalue weighted by Crippen LogP contribution is 2.31. The van der Waals surface area contributed by atoms with Gasteiger partial charge in [0.1, 0.15) is 23.8 Å². The summed E-state index contributed by atoms with van der Waals surface area (Å²) >= 11 is 0. The number of aliphatic hydroxyl groups excluding tert-OH is 3. The van der Waals surface area contributed by atoms with Crippen molar-refractivity contribution in [3.8, 4) is 0 Å². The molecule has 0 radical (unpaired) electrons. The zero-order valence-electron chi connectivity index (χ0n) is 15.5. The molecule has 5 N–H and O–H groups in total. The third-order valence-electron chi connectivity index (χ3n) is 4.62. The Morgan fingerprint density at radius 1 is 1.32 bits per heavy atom. The molecule has 0 saturated heterocycles. The number of aliphatic carboxylic acids is 1. The predicted molar refractivity (Wildman–Crippen MR) is 94.2 cm³/mol. The minimum atomic E-state index is -5.30. The maximum absolute atomic E-state index is 12.9. The molecule has 2 unspecified atom stereocenters. The van der Waals surface area contributed by atoms with Crippen LogP contribution in [0.25, 0.3) is 10.9 Å². The number of carbonyl (C=O) groups is 2. The van der Waals surface area contributed by atoms with Gasteiger partial charge in [0, 0.05) is 17.8 Å². The quantitative estimate of drug-likeness (QED) is 0.378. The van der Waals surface area contributed by atoms with Gasteiger partial charge >= 0.3 is 18.1 Å². The molecule has 3 heterocycles. The molecule has 0 aliphatic carbocycles. The van der Waals surface area contributed by atoms with Gasteiger partial charge in [-0.3, -0.25) is 14.5 Å². The molecule has 168 valence electrons. The molecule has 0 fully saturated rings. The van der Waals surface area contributed by atoms with Crippen molar-refractivity contribution in [2.75, 3.05) is 6.61 Å². The molecule has 2 aromatic rings. The Hall–Kier alpha value is -3.23. The van der Waals surface area contributed by atoms with Crippen LogP contribution in [0.4, 0.5) is 13.2 Å². The van der Waals surface area contributed by atoms with E-state index in [2.05, 4.69) is 10.1 Å². The zero-order chi connectivity index (χ0) is 22.9. The van der Waals surface area contributed by atoms with Crippen LogP contribution in [0, 0.1) is 0 Å². The second-order valence-electron chi connectivity index (χ2n) is 6.69. The number of alkyl halides is 3. The summed E-state index contributed by atoms with van der Waals surface area (Å²) in [5.74, 6) is -4.75. The largest absolute Gasteiger partial charge is 0.478 e. The maximum atomic E-state index is 12.9. The van der Waals surface area contributed by atoms with E-state index in [0.29, 0.717) is 10.9 Å². The Morgan fingerprint density at radius 2 is 2.03 bits per heavy atom. The second-order valence-corrected chi connectivity index (χ2v) is 6.69. The van der Waals surface area contributed by atoms with Gasteiger partial charge in [0.25, 0.3) is 0 Å². The molecule has 31 heavy (non-hydrogen) atoms. The standard InChI is InChI=1S/C17H17F3N4O7/c18-17(19,20)16(30)22-12-9(24-5-7-1-2-21-4-8(7)23-24)3-11(15(28)29)31-14(12)13(27)10(26)6-25/h1-5,9-10,12-14,25-27H,6H2,(H,22,30)(H,28,29)/t9-,10?,12+,13?,14+/m0/s1. The number of nitrogens with one attached hydrogen (secondary N) is 1. The molecule has 1 amide bonds. The first kappa shape index (κ1) is 22.5. The highest BCUT2D eigenvalue weighted by molar-refractivity contribution is 5.85. The third kappa shape index (κ3) is 4.60. The SMILES string of the molecule is O=C(O)C1=C[C@H](n2cc3ccncc3n2)[C@@H](NC(=O)C(F)(F)F)[C@H](C(O)C(O)CO)O1. The van der Waals surface area contributed by atoms with Crippen LogP contribution in [0.2, 0.25) is 0 Å². The molecule has 1 aliphatic rings. The highest BCUT2D eigenvalue weighted by Gasteiger charge is 2.48. The van der Waals surface area contributed by atoms with E-state index in [1.807, 2.05) is 0 Å². The van der Waals surface area contributed by atoms with Crippen LogP contribution in [0.15, 0.2) is 36.5 Å². The Morgan fingerprint density at radius 3 is 2.61 bits per heavy atom. The molecule has 0 spiro atoms. The fraction of sp³-hybridized carbons (Fsp3) is 0.412. The van der Waals surface area contributed by atoms with Crippen molar-refractivity contribution in [1.82, 2.24) is 20.1 Å². The van der Waals surface area contributed by atoms with Crippen molar-refractivity contribution in [2.24, 2.45) is 0 Å². The molecular formula is C17H17F3N4O7. The lowest BCUT2D eigenvalue weighted by Crippen LogP contribution is -2.60. The predicted octanol–water partition coefficient (Wildman–Crippen LogP) is -0.899. The van der Waals surface area contributed by atoms with Crippen LogP contribution in [-0.4, -0.2) is 84.2 Å². The minimum absolute atomic E-state index is 0.327. The first-order chi connectivity index (χ1) is 14.5. The number of aliphatic hydroxyl groups is 3. The molecular weight excluding hydrogens is 429 g/mol. The number of ether oxygens (including phenoxy) is 1. The lowest BCUT2D eigenvalue weighted by Gasteiger charge is -2.40. The Bertz CT molecular complexity index is 976. The van der Waals surface area contributed by atoms with Crippen LogP contribution in [0.3, 0.4) is 0 Å². The normalized spacial score (nSPS) is 23.5. The lowest BCUT2D eigenvalue weighted by molar-refractivity contribution is -0.178. The van der Waals surface area contributed by atoms with Gasteiger partial charge in [-0.2, -0.15) is 18.3 Å². The number of carbonyl (C=O) groups excluding carboxylic acids is 1. The molecule has 0 saturated carbocycles. The Labute approximate surface area is 171 Å². The average Bonchev–Trinajstić information content (AvgIpc) is 3.15. The van der Waals surface area contributed by atoms with Crippen LogP contribution < -0.4 is 5.32 Å². The summed E-state index contributed by atoms with van der Waals surface area (Å²) in [6.07, 6.45) is -6.04. The summed E-state index contributed by atoms with van der Waals surface area (Å²) in [6.45, 7) is -1.00. The molecule has 14 heteroatoms. The maximum Gasteiger partial charge on any atom is 0.471 e. The van der Waals surface area contributed by atoms with Crippen LogP contribution in [-0.2, 0) is 14.3 Å². The van der Waals surface area contributed by atoms with Crippen molar-refractivity contribution in [3.05, 3.63) is 36.5 Å². The van der Waals surface area contributed by atoms with E-state index in [1.54, 1.807) is 11.4 Å². The number of aromatic nitrogens is 3. The van der Waals surface area contributed by atoms with Crippen LogP contribution in [0.1, 0.15) is 6.04 Å². The number of fused-ring (bicyclic) bond motifs is 1. The monoisotopic (exact) mass is 446 g/mol. The highest BCUT2D eigenvalue weighted by atomic mass is 19.4. The van der Waals surface area contributed by atoms with Crippen LogP contribution >= 0.6 is 0 Å². The summed E-state index contributed by atoms with van der Waals surface area (Å²) in [5, 5.41) is 44.8. The third-order valence-corrected chi connectivity index (χ3v) is 4.62. The van der Waals surface area contributed by atoms with Gasteiger partial charge in [-0.25, -0.2) is 4.79 Å². The Balaban J connectivity index is 2.11. The molecule has 1 aliphatic heterocycles. The van der Waals surface area contributed by atoms with Crippen molar-refractivity contribution in [3.63, 3.8) is 0 Å². The second kappa shape index (κ2) is 8.49. The fourth-order valence-electron chi connectivity index (χ4n) is 3.12. The zero-order valence-corrected chi connectivity index (χ0v) is 15.5. The number of nitrogens with zero attached hydrogens (tertiary/aromatic N) is 3. The van der Waals surface area contributed by atoms with Gasteiger partial charge in [0.2, 0.25) is 5.76 Å². The van der Waals surface area contributed by atoms with Crippen molar-refractivity contribution >= 4 is 22.8 Å². The molecule has 2 aromatic heterocycles. The molecule has 0 aromatic carbocycles. The van der Waals surface area contributed by atoms with Gasteiger partial charge in [-0.05, 0) is 12.1 Å². The van der Waals surface area contributed by atoms with E-state index in [9.17, 15) is 38.1 Å². The van der Waals surface area contributed by atoms with E-state index in [1.165, 1.54) is 18.6 Å². The van der Waals surface area contributed by atoms with E-state index in [4.69, 9.17) is 9.84 Å². The summed E-state index contributed by atoms with van der Waals surface area (Å²) in [5.41, 5.74) is 0.327. The van der Waals surface area contributed by atoms with E-state index in [0.717, 1.165) is 10.8 Å². The topological polar surface area (TPSA) is 167 Å². The number of amides is 1. The Kier molecular flexibility index (Phi) is 6.15. The number of carboxylic acid groups (broad SMARTS) is 1. The fourth-order valence-corrected chi connectivity index (χ4v) is 3.12. The van der Waals surface area contributed by atoms with Crippen molar-refractivity contribution in [2.45, 2.75) is 36.6 Å². The number of rotatable bonds is 6.